The van der Waals surface area contributed by atoms with Crippen molar-refractivity contribution in [1.29, 1.82) is 0 Å². The van der Waals surface area contributed by atoms with Gasteiger partial charge in [0.2, 0.25) is 0 Å². The molecule has 0 aromatic heterocycles. The Hall–Kier alpha value is -3.15. The first-order valence-electron chi connectivity index (χ1n) is 10.1. The van der Waals surface area contributed by atoms with Crippen LogP contribution in [0.1, 0.15) is 49.2 Å². The number of hydrogen-bond donors (Lipinski definition) is 2. The standard InChI is InChI=1S/C24H30N2O4/c1-17(26-22(28)19-10-12-20(13-11-19)24(2,3)4)23(29)30-16-21(27)25-15-14-18-8-6-5-7-9-18/h5-13,17H,14-16H2,1-4H3,(H,25,27)(H,26,28)/t17-/m0/s1. The topological polar surface area (TPSA) is 84.5 Å². The van der Waals surface area contributed by atoms with Crippen molar-refractivity contribution < 1.29 is 19.1 Å². The van der Waals surface area contributed by atoms with Crippen LogP contribution >= 0.6 is 0 Å². The number of rotatable bonds is 8. The monoisotopic (exact) mass is 410 g/mol. The largest absolute Gasteiger partial charge is 0.454 e. The highest BCUT2D eigenvalue weighted by Crippen LogP contribution is 2.22. The molecule has 1 atom stereocenters. The lowest BCUT2D eigenvalue weighted by atomic mass is 9.86. The molecule has 0 aliphatic rings. The van der Waals surface area contributed by atoms with Crippen LogP contribution in [0.15, 0.2) is 54.6 Å². The number of nitrogens with one attached hydrogen (secondary N) is 2. The first-order valence-corrected chi connectivity index (χ1v) is 10.1. The van der Waals surface area contributed by atoms with Crippen LogP contribution in [-0.2, 0) is 26.2 Å². The molecule has 0 fully saturated rings. The van der Waals surface area contributed by atoms with E-state index in [1.54, 1.807) is 12.1 Å². The Kier molecular flexibility index (Phi) is 8.16. The summed E-state index contributed by atoms with van der Waals surface area (Å²) in [4.78, 5) is 36.3. The summed E-state index contributed by atoms with van der Waals surface area (Å²) in [6.45, 7) is 7.89. The second-order valence-electron chi connectivity index (χ2n) is 8.22. The molecular weight excluding hydrogens is 380 g/mol. The van der Waals surface area contributed by atoms with E-state index in [9.17, 15) is 14.4 Å². The van der Waals surface area contributed by atoms with Gasteiger partial charge in [0.05, 0.1) is 0 Å². The normalized spacial score (nSPS) is 12.0. The van der Waals surface area contributed by atoms with Crippen molar-refractivity contribution in [3.63, 3.8) is 0 Å². The molecule has 0 unspecified atom stereocenters. The number of benzene rings is 2. The first kappa shape index (κ1) is 23.1. The van der Waals surface area contributed by atoms with E-state index in [-0.39, 0.29) is 23.8 Å². The minimum atomic E-state index is -0.864. The molecule has 0 radical (unpaired) electrons. The van der Waals surface area contributed by atoms with Gasteiger partial charge >= 0.3 is 5.97 Å². The van der Waals surface area contributed by atoms with Crippen LogP contribution in [0.2, 0.25) is 0 Å². The Bertz CT molecular complexity index is 855. The number of carbonyl (C=O) groups excluding carboxylic acids is 3. The molecule has 2 aromatic carbocycles. The molecule has 0 saturated carbocycles. The van der Waals surface area contributed by atoms with E-state index >= 15 is 0 Å². The molecule has 0 aliphatic heterocycles. The maximum atomic E-state index is 12.3. The van der Waals surface area contributed by atoms with Crippen LogP contribution in [0.25, 0.3) is 0 Å². The zero-order chi connectivity index (χ0) is 22.1. The summed E-state index contributed by atoms with van der Waals surface area (Å²) in [6, 6.07) is 16.2. The van der Waals surface area contributed by atoms with E-state index in [1.165, 1.54) is 6.92 Å². The lowest BCUT2D eigenvalue weighted by Gasteiger charge is -2.19. The molecule has 2 N–H and O–H groups in total. The van der Waals surface area contributed by atoms with Gasteiger partial charge in [-0.05, 0) is 42.0 Å². The minimum absolute atomic E-state index is 0.00618. The predicted molar refractivity (Wildman–Crippen MR) is 116 cm³/mol. The van der Waals surface area contributed by atoms with Gasteiger partial charge in [-0.2, -0.15) is 0 Å². The number of hydrogen-bond acceptors (Lipinski definition) is 4. The van der Waals surface area contributed by atoms with Crippen LogP contribution in [0.3, 0.4) is 0 Å². The van der Waals surface area contributed by atoms with Crippen LogP contribution in [0, 0.1) is 0 Å². The summed E-state index contributed by atoms with van der Waals surface area (Å²) < 4.78 is 5.00. The molecule has 160 valence electrons. The lowest BCUT2D eigenvalue weighted by Crippen LogP contribution is -2.41. The van der Waals surface area contributed by atoms with Gasteiger partial charge in [0.1, 0.15) is 6.04 Å². The fraction of sp³-hybridized carbons (Fsp3) is 0.375. The second-order valence-corrected chi connectivity index (χ2v) is 8.22. The van der Waals surface area contributed by atoms with E-state index in [2.05, 4.69) is 31.4 Å². The highest BCUT2D eigenvalue weighted by atomic mass is 16.5. The third-order valence-corrected chi connectivity index (χ3v) is 4.64. The quantitative estimate of drug-likeness (QED) is 0.655. The third kappa shape index (κ3) is 7.35. The molecular formula is C24H30N2O4. The molecule has 0 spiro atoms. The van der Waals surface area contributed by atoms with E-state index in [1.807, 2.05) is 42.5 Å². The number of esters is 1. The van der Waals surface area contributed by atoms with Crippen LogP contribution in [0.4, 0.5) is 0 Å². The maximum Gasteiger partial charge on any atom is 0.328 e. The van der Waals surface area contributed by atoms with Crippen molar-refractivity contribution >= 4 is 17.8 Å². The van der Waals surface area contributed by atoms with Crippen molar-refractivity contribution in [2.24, 2.45) is 0 Å². The summed E-state index contributed by atoms with van der Waals surface area (Å²) in [5.74, 6) is -1.41. The second kappa shape index (κ2) is 10.6. The Labute approximate surface area is 178 Å². The van der Waals surface area contributed by atoms with Crippen LogP contribution < -0.4 is 10.6 Å². The van der Waals surface area contributed by atoms with Gasteiger partial charge in [0.25, 0.3) is 11.8 Å². The fourth-order valence-electron chi connectivity index (χ4n) is 2.76. The van der Waals surface area contributed by atoms with E-state index in [4.69, 9.17) is 4.74 Å². The molecule has 0 saturated heterocycles. The van der Waals surface area contributed by atoms with E-state index in [0.717, 1.165) is 11.1 Å². The third-order valence-electron chi connectivity index (χ3n) is 4.64. The van der Waals surface area contributed by atoms with Gasteiger partial charge in [-0.3, -0.25) is 9.59 Å². The summed E-state index contributed by atoms with van der Waals surface area (Å²) >= 11 is 0. The van der Waals surface area contributed by atoms with Crippen molar-refractivity contribution in [3.8, 4) is 0 Å². The van der Waals surface area contributed by atoms with E-state index < -0.39 is 12.0 Å². The van der Waals surface area contributed by atoms with Gasteiger partial charge in [0.15, 0.2) is 6.61 Å². The number of carbonyl (C=O) groups is 3. The number of amides is 2. The van der Waals surface area contributed by atoms with Crippen molar-refractivity contribution in [2.75, 3.05) is 13.2 Å². The van der Waals surface area contributed by atoms with Gasteiger partial charge < -0.3 is 15.4 Å². The predicted octanol–water partition coefficient (Wildman–Crippen LogP) is 3.00. The molecule has 6 heteroatoms. The summed E-state index contributed by atoms with van der Waals surface area (Å²) in [6.07, 6.45) is 0.695. The van der Waals surface area contributed by atoms with Crippen LogP contribution in [0.5, 0.6) is 0 Å². The lowest BCUT2D eigenvalue weighted by molar-refractivity contribution is -0.150. The van der Waals surface area contributed by atoms with Crippen LogP contribution in [-0.4, -0.2) is 37.0 Å². The van der Waals surface area contributed by atoms with Crippen molar-refractivity contribution in [3.05, 3.63) is 71.3 Å². The molecule has 2 aromatic rings. The van der Waals surface area contributed by atoms with Crippen molar-refractivity contribution in [2.45, 2.75) is 45.6 Å². The Morgan fingerprint density at radius 3 is 2.20 bits per heavy atom. The molecule has 0 aliphatic carbocycles. The highest BCUT2D eigenvalue weighted by molar-refractivity contribution is 5.96. The minimum Gasteiger partial charge on any atom is -0.454 e. The Morgan fingerprint density at radius 2 is 1.60 bits per heavy atom. The average Bonchev–Trinajstić information content (AvgIpc) is 2.72. The molecule has 0 heterocycles. The number of ether oxygens (including phenoxy) is 1. The molecule has 30 heavy (non-hydrogen) atoms. The summed E-state index contributed by atoms with van der Waals surface area (Å²) in [7, 11) is 0. The highest BCUT2D eigenvalue weighted by Gasteiger charge is 2.20. The molecule has 2 rings (SSSR count). The molecule has 0 bridgehead atoms. The smallest absolute Gasteiger partial charge is 0.328 e. The average molecular weight is 411 g/mol. The van der Waals surface area contributed by atoms with Crippen molar-refractivity contribution in [1.82, 2.24) is 10.6 Å². The Morgan fingerprint density at radius 1 is 0.967 bits per heavy atom. The zero-order valence-electron chi connectivity index (χ0n) is 18.0. The molecule has 6 nitrogen and oxygen atoms in total. The maximum absolute atomic E-state index is 12.3. The van der Waals surface area contributed by atoms with Gasteiger partial charge in [-0.25, -0.2) is 4.79 Å². The van der Waals surface area contributed by atoms with Gasteiger partial charge in [0, 0.05) is 12.1 Å². The summed E-state index contributed by atoms with van der Waals surface area (Å²) in [5.41, 5.74) is 2.68. The molecule has 2 amide bonds. The first-order chi connectivity index (χ1) is 14.2. The Balaban J connectivity index is 1.73. The van der Waals surface area contributed by atoms with Gasteiger partial charge in [-0.1, -0.05) is 63.2 Å². The zero-order valence-corrected chi connectivity index (χ0v) is 18.0. The fourth-order valence-corrected chi connectivity index (χ4v) is 2.76. The SMILES string of the molecule is C[C@H](NC(=O)c1ccc(C(C)(C)C)cc1)C(=O)OCC(=O)NCCc1ccccc1. The van der Waals surface area contributed by atoms with E-state index in [0.29, 0.717) is 18.5 Å². The van der Waals surface area contributed by atoms with Gasteiger partial charge in [-0.15, -0.1) is 0 Å². The summed E-state index contributed by atoms with van der Waals surface area (Å²) in [5, 5.41) is 5.30.